The van der Waals surface area contributed by atoms with Gasteiger partial charge >= 0.3 is 0 Å². The molecule has 1 atom stereocenters. The summed E-state index contributed by atoms with van der Waals surface area (Å²) < 4.78 is 27.1. The molecule has 1 aliphatic heterocycles. The number of amides is 2. The summed E-state index contributed by atoms with van der Waals surface area (Å²) in [4.78, 5) is 28.0. The van der Waals surface area contributed by atoms with E-state index in [-0.39, 0.29) is 37.6 Å². The summed E-state index contributed by atoms with van der Waals surface area (Å²) >= 11 is 5.93. The van der Waals surface area contributed by atoms with Crippen LogP contribution in [0.25, 0.3) is 0 Å². The fourth-order valence-electron chi connectivity index (χ4n) is 3.00. The lowest BCUT2D eigenvalue weighted by Crippen LogP contribution is -2.52. The molecule has 1 fully saturated rings. The first-order valence-corrected chi connectivity index (χ1v) is 8.79. The predicted octanol–water partition coefficient (Wildman–Crippen LogP) is 2.60. The van der Waals surface area contributed by atoms with Crippen LogP contribution >= 0.6 is 11.6 Å². The summed E-state index contributed by atoms with van der Waals surface area (Å²) in [5.41, 5.74) is 6.33. The third-order valence-electron chi connectivity index (χ3n) is 4.51. The molecule has 5 nitrogen and oxygen atoms in total. The second-order valence-corrected chi connectivity index (χ2v) is 6.71. The summed E-state index contributed by atoms with van der Waals surface area (Å²) in [7, 11) is 0. The zero-order valence-corrected chi connectivity index (χ0v) is 15.1. The number of piperazine rings is 1. The molecule has 0 aliphatic carbocycles. The van der Waals surface area contributed by atoms with Crippen molar-refractivity contribution in [3.05, 3.63) is 70.2 Å². The van der Waals surface area contributed by atoms with Gasteiger partial charge < -0.3 is 15.5 Å². The maximum atomic E-state index is 13.8. The molecular formula is C19H18ClF2N3O2. The Labute approximate surface area is 160 Å². The Morgan fingerprint density at radius 3 is 2.33 bits per heavy atom. The number of carbonyl (C=O) groups excluding carboxylic acids is 2. The third-order valence-corrected chi connectivity index (χ3v) is 4.75. The Hall–Kier alpha value is -2.51. The second-order valence-electron chi connectivity index (χ2n) is 6.27. The number of hydrogen-bond donors (Lipinski definition) is 1. The molecule has 2 amide bonds. The Morgan fingerprint density at radius 1 is 1.00 bits per heavy atom. The first-order chi connectivity index (χ1) is 12.9. The van der Waals surface area contributed by atoms with E-state index in [0.717, 1.165) is 18.2 Å². The smallest absolute Gasteiger partial charge is 0.257 e. The molecule has 2 aromatic carbocycles. The van der Waals surface area contributed by atoms with E-state index >= 15 is 0 Å². The monoisotopic (exact) mass is 393 g/mol. The summed E-state index contributed by atoms with van der Waals surface area (Å²) in [5.74, 6) is -2.33. The van der Waals surface area contributed by atoms with E-state index < -0.39 is 23.6 Å². The standard InChI is InChI=1S/C19H18ClF2N3O2/c20-13-3-1-2-12(10-13)17(23)19(27)25-8-6-24(7-9-25)18(26)15-11-14(21)4-5-16(15)22/h1-5,10-11,17H,6-9,23H2/t17-/m1/s1. The molecule has 2 N–H and O–H groups in total. The Balaban J connectivity index is 1.63. The second kappa shape index (κ2) is 8.02. The molecule has 1 aliphatic rings. The van der Waals surface area contributed by atoms with E-state index in [4.69, 9.17) is 17.3 Å². The lowest BCUT2D eigenvalue weighted by atomic mass is 10.1. The summed E-state index contributed by atoms with van der Waals surface area (Å²) in [6.07, 6.45) is 0. The molecule has 0 unspecified atom stereocenters. The molecular weight excluding hydrogens is 376 g/mol. The van der Waals surface area contributed by atoms with Gasteiger partial charge in [-0.1, -0.05) is 23.7 Å². The molecule has 3 rings (SSSR count). The summed E-state index contributed by atoms with van der Waals surface area (Å²) in [5, 5.41) is 0.489. The number of rotatable bonds is 3. The number of carbonyl (C=O) groups is 2. The molecule has 0 aromatic heterocycles. The van der Waals surface area contributed by atoms with Crippen LogP contribution in [0.15, 0.2) is 42.5 Å². The fourth-order valence-corrected chi connectivity index (χ4v) is 3.20. The van der Waals surface area contributed by atoms with Crippen LogP contribution in [0.5, 0.6) is 0 Å². The third kappa shape index (κ3) is 4.26. The van der Waals surface area contributed by atoms with Crippen LogP contribution in [-0.4, -0.2) is 47.8 Å². The predicted molar refractivity (Wildman–Crippen MR) is 97.2 cm³/mol. The average molecular weight is 394 g/mol. The lowest BCUT2D eigenvalue weighted by molar-refractivity contribution is -0.134. The van der Waals surface area contributed by atoms with E-state index in [9.17, 15) is 18.4 Å². The highest BCUT2D eigenvalue weighted by atomic mass is 35.5. The van der Waals surface area contributed by atoms with Crippen LogP contribution in [0.2, 0.25) is 5.02 Å². The van der Waals surface area contributed by atoms with Crippen molar-refractivity contribution >= 4 is 23.4 Å². The van der Waals surface area contributed by atoms with Crippen molar-refractivity contribution in [3.8, 4) is 0 Å². The number of nitrogens with zero attached hydrogens (tertiary/aromatic N) is 2. The quantitative estimate of drug-likeness (QED) is 0.871. The molecule has 142 valence electrons. The number of hydrogen-bond acceptors (Lipinski definition) is 3. The van der Waals surface area contributed by atoms with Crippen molar-refractivity contribution in [1.82, 2.24) is 9.80 Å². The minimum atomic E-state index is -0.855. The molecule has 0 bridgehead atoms. The van der Waals surface area contributed by atoms with Crippen molar-refractivity contribution in [3.63, 3.8) is 0 Å². The van der Waals surface area contributed by atoms with Gasteiger partial charge in [-0.3, -0.25) is 9.59 Å². The summed E-state index contributed by atoms with van der Waals surface area (Å²) in [6, 6.07) is 8.67. The van der Waals surface area contributed by atoms with Crippen molar-refractivity contribution in [1.29, 1.82) is 0 Å². The van der Waals surface area contributed by atoms with Gasteiger partial charge in [-0.2, -0.15) is 0 Å². The van der Waals surface area contributed by atoms with E-state index in [0.29, 0.717) is 10.6 Å². The van der Waals surface area contributed by atoms with Gasteiger partial charge in [0.1, 0.15) is 17.7 Å². The average Bonchev–Trinajstić information content (AvgIpc) is 2.68. The minimum Gasteiger partial charge on any atom is -0.337 e. The number of halogens is 3. The Bertz CT molecular complexity index is 870. The van der Waals surface area contributed by atoms with Crippen LogP contribution in [0.4, 0.5) is 8.78 Å². The van der Waals surface area contributed by atoms with Crippen LogP contribution in [0.1, 0.15) is 22.0 Å². The van der Waals surface area contributed by atoms with Gasteiger partial charge in [0.2, 0.25) is 5.91 Å². The van der Waals surface area contributed by atoms with Gasteiger partial charge in [-0.15, -0.1) is 0 Å². The van der Waals surface area contributed by atoms with Crippen molar-refractivity contribution in [2.75, 3.05) is 26.2 Å². The van der Waals surface area contributed by atoms with Crippen molar-refractivity contribution < 1.29 is 18.4 Å². The van der Waals surface area contributed by atoms with Crippen LogP contribution in [0.3, 0.4) is 0 Å². The largest absolute Gasteiger partial charge is 0.337 e. The Kier molecular flexibility index (Phi) is 5.72. The minimum absolute atomic E-state index is 0.211. The van der Waals surface area contributed by atoms with Crippen LogP contribution in [0, 0.1) is 11.6 Å². The number of benzene rings is 2. The van der Waals surface area contributed by atoms with E-state index in [1.54, 1.807) is 29.2 Å². The zero-order chi connectivity index (χ0) is 19.6. The molecule has 0 spiro atoms. The normalized spacial score (nSPS) is 15.6. The molecule has 0 radical (unpaired) electrons. The van der Waals surface area contributed by atoms with Gasteiger partial charge in [0.15, 0.2) is 0 Å². The topological polar surface area (TPSA) is 66.6 Å². The highest BCUT2D eigenvalue weighted by molar-refractivity contribution is 6.30. The maximum Gasteiger partial charge on any atom is 0.257 e. The molecule has 0 saturated carbocycles. The van der Waals surface area contributed by atoms with Gasteiger partial charge in [-0.05, 0) is 35.9 Å². The van der Waals surface area contributed by atoms with Crippen LogP contribution in [-0.2, 0) is 4.79 Å². The molecule has 1 saturated heterocycles. The maximum absolute atomic E-state index is 13.8. The van der Waals surface area contributed by atoms with E-state index in [1.807, 2.05) is 0 Å². The Morgan fingerprint density at radius 2 is 1.67 bits per heavy atom. The summed E-state index contributed by atoms with van der Waals surface area (Å²) in [6.45, 7) is 0.942. The van der Waals surface area contributed by atoms with Gasteiger partial charge in [0, 0.05) is 31.2 Å². The fraction of sp³-hybridized carbons (Fsp3) is 0.263. The number of nitrogens with two attached hydrogens (primary N) is 1. The highest BCUT2D eigenvalue weighted by Gasteiger charge is 2.29. The molecule has 27 heavy (non-hydrogen) atoms. The van der Waals surface area contributed by atoms with E-state index in [2.05, 4.69) is 0 Å². The molecule has 2 aromatic rings. The van der Waals surface area contributed by atoms with Crippen LogP contribution < -0.4 is 5.73 Å². The molecule has 1 heterocycles. The van der Waals surface area contributed by atoms with Gasteiger partial charge in [0.25, 0.3) is 5.91 Å². The molecule has 8 heteroatoms. The highest BCUT2D eigenvalue weighted by Crippen LogP contribution is 2.20. The van der Waals surface area contributed by atoms with Gasteiger partial charge in [0.05, 0.1) is 5.56 Å². The first-order valence-electron chi connectivity index (χ1n) is 8.41. The lowest BCUT2D eigenvalue weighted by Gasteiger charge is -2.36. The zero-order valence-electron chi connectivity index (χ0n) is 14.4. The SMILES string of the molecule is N[C@@H](C(=O)N1CCN(C(=O)c2cc(F)ccc2F)CC1)c1cccc(Cl)c1. The van der Waals surface area contributed by atoms with Gasteiger partial charge in [-0.25, -0.2) is 8.78 Å². The van der Waals surface area contributed by atoms with Crippen molar-refractivity contribution in [2.24, 2.45) is 5.73 Å². The van der Waals surface area contributed by atoms with E-state index in [1.165, 1.54) is 4.90 Å². The first kappa shape index (κ1) is 19.3. The van der Waals surface area contributed by atoms with Crippen molar-refractivity contribution in [2.45, 2.75) is 6.04 Å².